The maximum Gasteiger partial charge on any atom is 0.191 e. The van der Waals surface area contributed by atoms with Crippen molar-refractivity contribution >= 4 is 28.0 Å². The monoisotopic (exact) mass is 440 g/mol. The second-order valence-electron chi connectivity index (χ2n) is 8.37. The van der Waals surface area contributed by atoms with E-state index in [-0.39, 0.29) is 0 Å². The van der Waals surface area contributed by atoms with E-state index in [0.717, 1.165) is 77.6 Å². The van der Waals surface area contributed by atoms with Gasteiger partial charge in [-0.1, -0.05) is 18.2 Å². The molecule has 3 heterocycles. The fourth-order valence-corrected chi connectivity index (χ4v) is 5.25. The summed E-state index contributed by atoms with van der Waals surface area (Å²) in [6, 6.07) is 15.6. The summed E-state index contributed by atoms with van der Waals surface area (Å²) in [6.07, 6.45) is 3.46. The maximum atomic E-state index is 4.44. The third-order valence-electron chi connectivity index (χ3n) is 6.31. The van der Waals surface area contributed by atoms with Crippen molar-refractivity contribution in [2.75, 3.05) is 69.2 Å². The van der Waals surface area contributed by atoms with Crippen LogP contribution in [0.25, 0.3) is 0 Å². The summed E-state index contributed by atoms with van der Waals surface area (Å²) in [7, 11) is 1.87. The van der Waals surface area contributed by atoms with E-state index in [2.05, 4.69) is 78.2 Å². The van der Waals surface area contributed by atoms with E-state index in [1.54, 1.807) is 0 Å². The van der Waals surface area contributed by atoms with Crippen LogP contribution in [0.1, 0.15) is 19.3 Å². The molecule has 0 saturated carbocycles. The van der Waals surface area contributed by atoms with Gasteiger partial charge in [0.05, 0.1) is 5.00 Å². The molecule has 0 aliphatic carbocycles. The molecule has 168 valence electrons. The number of piperazine rings is 1. The van der Waals surface area contributed by atoms with Gasteiger partial charge in [0.1, 0.15) is 0 Å². The molecule has 7 heteroatoms. The highest BCUT2D eigenvalue weighted by atomic mass is 32.1. The molecule has 2 aromatic rings. The zero-order valence-electron chi connectivity index (χ0n) is 18.7. The summed E-state index contributed by atoms with van der Waals surface area (Å²) >= 11 is 1.84. The van der Waals surface area contributed by atoms with Gasteiger partial charge in [0.25, 0.3) is 0 Å². The van der Waals surface area contributed by atoms with E-state index in [4.69, 9.17) is 0 Å². The van der Waals surface area contributed by atoms with Crippen LogP contribution in [0.2, 0.25) is 0 Å². The van der Waals surface area contributed by atoms with Gasteiger partial charge < -0.3 is 20.4 Å². The highest BCUT2D eigenvalue weighted by molar-refractivity contribution is 7.14. The lowest BCUT2D eigenvalue weighted by molar-refractivity contribution is 0.255. The maximum absolute atomic E-state index is 4.44. The molecule has 0 spiro atoms. The fourth-order valence-electron chi connectivity index (χ4n) is 4.46. The lowest BCUT2D eigenvalue weighted by atomic mass is 10.1. The Kier molecular flexibility index (Phi) is 8.07. The predicted molar refractivity (Wildman–Crippen MR) is 134 cm³/mol. The van der Waals surface area contributed by atoms with Crippen molar-refractivity contribution < 1.29 is 0 Å². The Bertz CT molecular complexity index is 778. The molecule has 0 radical (unpaired) electrons. The number of thiophene rings is 1. The van der Waals surface area contributed by atoms with Crippen LogP contribution in [0, 0.1) is 0 Å². The van der Waals surface area contributed by atoms with Crippen LogP contribution in [0.15, 0.2) is 52.8 Å². The lowest BCUT2D eigenvalue weighted by Crippen LogP contribution is -2.49. The molecule has 4 rings (SSSR count). The fraction of sp³-hybridized carbons (Fsp3) is 0.542. The van der Waals surface area contributed by atoms with Crippen LogP contribution in [0.5, 0.6) is 0 Å². The first-order valence-corrected chi connectivity index (χ1v) is 12.5. The number of benzene rings is 1. The normalized spacial score (nSPS) is 18.9. The predicted octanol–water partition coefficient (Wildman–Crippen LogP) is 3.09. The quantitative estimate of drug-likeness (QED) is 0.394. The van der Waals surface area contributed by atoms with Gasteiger partial charge in [0.15, 0.2) is 5.96 Å². The molecule has 2 fully saturated rings. The molecule has 2 saturated heterocycles. The standard InChI is InChI=1S/C24H36N6S/c1-25-24(27-21-10-14-30(15-11-21)23-9-5-20-31-23)26-12-6-13-28-16-18-29(19-17-28)22-7-3-2-4-8-22/h2-5,7-9,20-21H,6,10-19H2,1H3,(H2,25,26,27). The van der Waals surface area contributed by atoms with Crippen molar-refractivity contribution in [3.8, 4) is 0 Å². The first-order valence-electron chi connectivity index (χ1n) is 11.6. The highest BCUT2D eigenvalue weighted by Crippen LogP contribution is 2.24. The van der Waals surface area contributed by atoms with Gasteiger partial charge in [-0.15, -0.1) is 11.3 Å². The number of para-hydroxylation sites is 1. The molecule has 2 aliphatic heterocycles. The molecule has 1 aromatic heterocycles. The zero-order valence-corrected chi connectivity index (χ0v) is 19.5. The van der Waals surface area contributed by atoms with Gasteiger partial charge in [0, 0.05) is 64.6 Å². The Balaban J connectivity index is 1.09. The van der Waals surface area contributed by atoms with Crippen LogP contribution >= 0.6 is 11.3 Å². The van der Waals surface area contributed by atoms with Crippen molar-refractivity contribution in [2.24, 2.45) is 4.99 Å². The molecule has 31 heavy (non-hydrogen) atoms. The Labute approximate surface area is 191 Å². The molecule has 1 aromatic carbocycles. The van der Waals surface area contributed by atoms with Gasteiger partial charge in [0.2, 0.25) is 0 Å². The Hall–Kier alpha value is -2.25. The van der Waals surface area contributed by atoms with Gasteiger partial charge in [-0.05, 0) is 55.5 Å². The average Bonchev–Trinajstić information content (AvgIpc) is 3.37. The SMILES string of the molecule is CN=C(NCCCN1CCN(c2ccccc2)CC1)NC1CCN(c2cccs2)CC1. The van der Waals surface area contributed by atoms with E-state index in [1.165, 1.54) is 10.7 Å². The number of hydrogen-bond donors (Lipinski definition) is 2. The second-order valence-corrected chi connectivity index (χ2v) is 9.30. The minimum Gasteiger partial charge on any atom is -0.369 e. The Morgan fingerprint density at radius 2 is 1.74 bits per heavy atom. The number of nitrogens with zero attached hydrogens (tertiary/aromatic N) is 4. The second kappa shape index (κ2) is 11.4. The largest absolute Gasteiger partial charge is 0.369 e. The molecule has 0 unspecified atom stereocenters. The molecular weight excluding hydrogens is 404 g/mol. The first kappa shape index (κ1) is 22.0. The van der Waals surface area contributed by atoms with Crippen molar-refractivity contribution in [2.45, 2.75) is 25.3 Å². The molecule has 6 nitrogen and oxygen atoms in total. The smallest absolute Gasteiger partial charge is 0.191 e. The number of rotatable bonds is 7. The highest BCUT2D eigenvalue weighted by Gasteiger charge is 2.21. The minimum atomic E-state index is 0.508. The van der Waals surface area contributed by atoms with E-state index in [0.29, 0.717) is 6.04 Å². The molecule has 2 N–H and O–H groups in total. The molecule has 0 atom stereocenters. The lowest BCUT2D eigenvalue weighted by Gasteiger charge is -2.36. The van der Waals surface area contributed by atoms with Crippen LogP contribution in [0.3, 0.4) is 0 Å². The minimum absolute atomic E-state index is 0.508. The molecule has 0 amide bonds. The Morgan fingerprint density at radius 1 is 0.968 bits per heavy atom. The van der Waals surface area contributed by atoms with Gasteiger partial charge in [-0.2, -0.15) is 0 Å². The molecular formula is C24H36N6S. The number of guanidine groups is 1. The summed E-state index contributed by atoms with van der Waals surface area (Å²) in [4.78, 5) is 12.0. The third kappa shape index (κ3) is 6.37. The van der Waals surface area contributed by atoms with Crippen molar-refractivity contribution in [1.29, 1.82) is 0 Å². The van der Waals surface area contributed by atoms with Crippen molar-refractivity contribution in [3.05, 3.63) is 47.8 Å². The van der Waals surface area contributed by atoms with Crippen LogP contribution in [-0.2, 0) is 0 Å². The first-order chi connectivity index (χ1) is 15.3. The number of nitrogens with one attached hydrogen (secondary N) is 2. The van der Waals surface area contributed by atoms with Crippen LogP contribution in [-0.4, -0.2) is 76.3 Å². The number of hydrogen-bond acceptors (Lipinski definition) is 5. The zero-order chi connectivity index (χ0) is 21.3. The Morgan fingerprint density at radius 3 is 2.42 bits per heavy atom. The number of aliphatic imine (C=N–C) groups is 1. The van der Waals surface area contributed by atoms with Crippen molar-refractivity contribution in [1.82, 2.24) is 15.5 Å². The number of anilines is 2. The van der Waals surface area contributed by atoms with E-state index >= 15 is 0 Å². The van der Waals surface area contributed by atoms with E-state index in [1.807, 2.05) is 18.4 Å². The van der Waals surface area contributed by atoms with Crippen molar-refractivity contribution in [3.63, 3.8) is 0 Å². The summed E-state index contributed by atoms with van der Waals surface area (Å²) < 4.78 is 0. The summed E-state index contributed by atoms with van der Waals surface area (Å²) in [6.45, 7) is 8.86. The number of piperidine rings is 1. The molecule has 2 aliphatic rings. The van der Waals surface area contributed by atoms with E-state index in [9.17, 15) is 0 Å². The van der Waals surface area contributed by atoms with Gasteiger partial charge in [-0.3, -0.25) is 9.89 Å². The summed E-state index contributed by atoms with van der Waals surface area (Å²) in [5.74, 6) is 0.948. The van der Waals surface area contributed by atoms with Gasteiger partial charge >= 0.3 is 0 Å². The topological polar surface area (TPSA) is 46.1 Å². The summed E-state index contributed by atoms with van der Waals surface area (Å²) in [5, 5.41) is 10.7. The van der Waals surface area contributed by atoms with Gasteiger partial charge in [-0.25, -0.2) is 0 Å². The van der Waals surface area contributed by atoms with Crippen LogP contribution < -0.4 is 20.4 Å². The molecule has 0 bridgehead atoms. The third-order valence-corrected chi connectivity index (χ3v) is 7.24. The van der Waals surface area contributed by atoms with E-state index < -0.39 is 0 Å². The average molecular weight is 441 g/mol. The van der Waals surface area contributed by atoms with Crippen LogP contribution in [0.4, 0.5) is 10.7 Å². The summed E-state index contributed by atoms with van der Waals surface area (Å²) in [5.41, 5.74) is 1.35.